The summed E-state index contributed by atoms with van der Waals surface area (Å²) >= 11 is 0. The number of benzene rings is 2. The first-order valence-electron chi connectivity index (χ1n) is 8.17. The summed E-state index contributed by atoms with van der Waals surface area (Å²) < 4.78 is 31.5. The lowest BCUT2D eigenvalue weighted by atomic mass is 10.0. The summed E-state index contributed by atoms with van der Waals surface area (Å²) in [5, 5.41) is 0. The first-order chi connectivity index (χ1) is 11.0. The van der Waals surface area contributed by atoms with E-state index in [1.54, 1.807) is 0 Å². The van der Waals surface area contributed by atoms with Crippen molar-refractivity contribution in [2.24, 2.45) is 0 Å². The maximum absolute atomic E-state index is 13.0. The van der Waals surface area contributed by atoms with E-state index in [-0.39, 0.29) is 4.90 Å². The van der Waals surface area contributed by atoms with Gasteiger partial charge in [-0.1, -0.05) is 32.0 Å². The van der Waals surface area contributed by atoms with E-state index >= 15 is 0 Å². The third-order valence-corrected chi connectivity index (χ3v) is 6.14. The summed E-state index contributed by atoms with van der Waals surface area (Å²) in [5.41, 5.74) is 5.26. The van der Waals surface area contributed by atoms with Gasteiger partial charge in [-0.15, -0.1) is 0 Å². The maximum Gasteiger partial charge on any atom is 0.339 e. The minimum atomic E-state index is -3.88. The lowest BCUT2D eigenvalue weighted by Crippen LogP contribution is -2.15. The van der Waals surface area contributed by atoms with Crippen LogP contribution in [0.15, 0.2) is 29.2 Å². The van der Waals surface area contributed by atoms with Gasteiger partial charge in [0, 0.05) is 0 Å². The van der Waals surface area contributed by atoms with Gasteiger partial charge >= 0.3 is 10.1 Å². The van der Waals surface area contributed by atoms with Crippen molar-refractivity contribution in [1.29, 1.82) is 0 Å². The van der Waals surface area contributed by atoms with E-state index in [0.29, 0.717) is 11.7 Å². The molecule has 2 aromatic rings. The molecule has 0 fully saturated rings. The van der Waals surface area contributed by atoms with Gasteiger partial charge < -0.3 is 4.18 Å². The molecule has 3 nitrogen and oxygen atoms in total. The molecule has 0 spiro atoms. The highest BCUT2D eigenvalue weighted by Crippen LogP contribution is 2.31. The zero-order valence-corrected chi connectivity index (χ0v) is 16.3. The van der Waals surface area contributed by atoms with Crippen molar-refractivity contribution < 1.29 is 12.6 Å². The number of hydrogen-bond donors (Lipinski definition) is 0. The SMILES string of the molecule is Cc1ccc(C(C)C)cc1OS(=O)(=O)c1c(C)c(C)cc(C)c1C. The molecule has 0 N–H and O–H groups in total. The molecule has 0 atom stereocenters. The Balaban J connectivity index is 2.57. The van der Waals surface area contributed by atoms with Crippen molar-refractivity contribution >= 4 is 10.1 Å². The fraction of sp³-hybridized carbons (Fsp3) is 0.400. The third-order valence-electron chi connectivity index (χ3n) is 4.63. The molecule has 4 heteroatoms. The molecule has 0 aromatic heterocycles. The molecule has 2 rings (SSSR count). The largest absolute Gasteiger partial charge is 0.379 e. The fourth-order valence-electron chi connectivity index (χ4n) is 2.78. The van der Waals surface area contributed by atoms with E-state index in [9.17, 15) is 8.42 Å². The minimum absolute atomic E-state index is 0.286. The lowest BCUT2D eigenvalue weighted by molar-refractivity contribution is 0.482. The van der Waals surface area contributed by atoms with Gasteiger partial charge in [0.1, 0.15) is 10.6 Å². The first kappa shape index (κ1) is 18.5. The zero-order valence-electron chi connectivity index (χ0n) is 15.5. The van der Waals surface area contributed by atoms with Crippen LogP contribution in [0.5, 0.6) is 5.75 Å². The minimum Gasteiger partial charge on any atom is -0.379 e. The van der Waals surface area contributed by atoms with Crippen LogP contribution in [0.3, 0.4) is 0 Å². The first-order valence-corrected chi connectivity index (χ1v) is 9.58. The summed E-state index contributed by atoms with van der Waals surface area (Å²) in [5.74, 6) is 0.708. The summed E-state index contributed by atoms with van der Waals surface area (Å²) in [6, 6.07) is 7.74. The van der Waals surface area contributed by atoms with Crippen LogP contribution in [0.2, 0.25) is 0 Å². The quantitative estimate of drug-likeness (QED) is 0.722. The van der Waals surface area contributed by atoms with Crippen LogP contribution < -0.4 is 4.18 Å². The van der Waals surface area contributed by atoms with Crippen molar-refractivity contribution in [1.82, 2.24) is 0 Å². The van der Waals surface area contributed by atoms with Crippen molar-refractivity contribution in [3.63, 3.8) is 0 Å². The normalized spacial score (nSPS) is 11.8. The predicted molar refractivity (Wildman–Crippen MR) is 98.5 cm³/mol. The monoisotopic (exact) mass is 346 g/mol. The van der Waals surface area contributed by atoms with Gasteiger partial charge in [-0.25, -0.2) is 0 Å². The van der Waals surface area contributed by atoms with Gasteiger partial charge in [-0.2, -0.15) is 8.42 Å². The zero-order chi connectivity index (χ0) is 18.2. The van der Waals surface area contributed by atoms with Crippen LogP contribution >= 0.6 is 0 Å². The summed E-state index contributed by atoms with van der Waals surface area (Å²) in [4.78, 5) is 0.286. The van der Waals surface area contributed by atoms with Gasteiger partial charge in [0.05, 0.1) is 0 Å². The Morgan fingerprint density at radius 2 is 1.38 bits per heavy atom. The molecule has 0 aliphatic heterocycles. The molecule has 0 amide bonds. The number of aryl methyl sites for hydroxylation is 3. The Labute approximate surface area is 145 Å². The van der Waals surface area contributed by atoms with Crippen LogP contribution in [-0.4, -0.2) is 8.42 Å². The van der Waals surface area contributed by atoms with Gasteiger partial charge in [0.25, 0.3) is 0 Å². The summed E-state index contributed by atoms with van der Waals surface area (Å²) in [6.45, 7) is 13.5. The van der Waals surface area contributed by atoms with Crippen LogP contribution in [0, 0.1) is 34.6 Å². The Bertz CT molecular complexity index is 852. The molecule has 0 heterocycles. The van der Waals surface area contributed by atoms with Gasteiger partial charge in [-0.3, -0.25) is 0 Å². The fourth-order valence-corrected chi connectivity index (χ4v) is 4.35. The van der Waals surface area contributed by atoms with E-state index in [0.717, 1.165) is 33.4 Å². The van der Waals surface area contributed by atoms with Crippen LogP contribution in [0.1, 0.15) is 53.1 Å². The molecule has 0 bridgehead atoms. The summed E-state index contributed by atoms with van der Waals surface area (Å²) in [6.07, 6.45) is 0. The van der Waals surface area contributed by atoms with Gasteiger partial charge in [0.2, 0.25) is 0 Å². The highest BCUT2D eigenvalue weighted by Gasteiger charge is 2.25. The Hall–Kier alpha value is -1.81. The predicted octanol–water partition coefficient (Wildman–Crippen LogP) is 5.12. The van der Waals surface area contributed by atoms with E-state index < -0.39 is 10.1 Å². The second kappa shape index (κ2) is 6.60. The Morgan fingerprint density at radius 1 is 0.833 bits per heavy atom. The molecule has 0 saturated heterocycles. The van der Waals surface area contributed by atoms with Gasteiger partial charge in [0.15, 0.2) is 0 Å². The molecule has 0 aliphatic rings. The molecule has 0 aliphatic carbocycles. The smallest absolute Gasteiger partial charge is 0.339 e. The molecular formula is C20H26O3S. The van der Waals surface area contributed by atoms with Crippen molar-refractivity contribution in [2.75, 3.05) is 0 Å². The standard InChI is InChI=1S/C20H26O3S/c1-12(2)18-9-8-13(3)19(11-18)23-24(21,22)20-16(6)14(4)10-15(5)17(20)7/h8-12H,1-7H3. The highest BCUT2D eigenvalue weighted by molar-refractivity contribution is 7.87. The molecule has 0 unspecified atom stereocenters. The van der Waals surface area contributed by atoms with Crippen LogP contribution in [0.4, 0.5) is 0 Å². The average Bonchev–Trinajstić information content (AvgIpc) is 2.47. The van der Waals surface area contributed by atoms with E-state index in [1.165, 1.54) is 0 Å². The third kappa shape index (κ3) is 3.48. The molecule has 2 aromatic carbocycles. The maximum atomic E-state index is 13.0. The van der Waals surface area contributed by atoms with Crippen molar-refractivity contribution in [3.8, 4) is 5.75 Å². The van der Waals surface area contributed by atoms with Crippen LogP contribution in [0.25, 0.3) is 0 Å². The second-order valence-corrected chi connectivity index (χ2v) is 8.29. The molecule has 24 heavy (non-hydrogen) atoms. The molecule has 0 radical (unpaired) electrons. The van der Waals surface area contributed by atoms with E-state index in [4.69, 9.17) is 4.18 Å². The number of hydrogen-bond acceptors (Lipinski definition) is 3. The number of rotatable bonds is 4. The molecule has 130 valence electrons. The Kier molecular flexibility index (Phi) is 5.09. The van der Waals surface area contributed by atoms with Gasteiger partial charge in [-0.05, 0) is 80.0 Å². The highest BCUT2D eigenvalue weighted by atomic mass is 32.2. The summed E-state index contributed by atoms with van der Waals surface area (Å²) in [7, 11) is -3.88. The van der Waals surface area contributed by atoms with E-state index in [2.05, 4.69) is 13.8 Å². The van der Waals surface area contributed by atoms with Crippen molar-refractivity contribution in [2.45, 2.75) is 59.3 Å². The Morgan fingerprint density at radius 3 is 1.88 bits per heavy atom. The second-order valence-electron chi connectivity index (χ2n) is 6.81. The van der Waals surface area contributed by atoms with Crippen LogP contribution in [-0.2, 0) is 10.1 Å². The molecule has 0 saturated carbocycles. The van der Waals surface area contributed by atoms with E-state index in [1.807, 2.05) is 58.9 Å². The molecular weight excluding hydrogens is 320 g/mol. The lowest BCUT2D eigenvalue weighted by Gasteiger charge is -2.17. The average molecular weight is 346 g/mol. The topological polar surface area (TPSA) is 43.4 Å². The van der Waals surface area contributed by atoms with Crippen molar-refractivity contribution in [3.05, 3.63) is 57.6 Å².